The number of aryl methyl sites for hydroxylation is 1. The highest BCUT2D eigenvalue weighted by molar-refractivity contribution is 6.05. The molecule has 4 rings (SSSR count). The molecule has 1 aromatic heterocycles. The summed E-state index contributed by atoms with van der Waals surface area (Å²) >= 11 is 0. The van der Waals surface area contributed by atoms with E-state index in [1.807, 2.05) is 0 Å². The molecule has 0 spiro atoms. The largest absolute Gasteiger partial charge is 0.469 e. The molecule has 1 saturated carbocycles. The minimum Gasteiger partial charge on any atom is -0.469 e. The Morgan fingerprint density at radius 1 is 1.18 bits per heavy atom. The molecule has 148 valence electrons. The Morgan fingerprint density at radius 3 is 2.75 bits per heavy atom. The molecule has 2 fully saturated rings. The second kappa shape index (κ2) is 7.75. The Hall–Kier alpha value is -2.67. The summed E-state index contributed by atoms with van der Waals surface area (Å²) in [5, 5.41) is 8.81. The molecule has 7 heteroatoms. The first-order chi connectivity index (χ1) is 13.5. The summed E-state index contributed by atoms with van der Waals surface area (Å²) in [6, 6.07) is 5.88. The lowest BCUT2D eigenvalue weighted by atomic mass is 9.85. The van der Waals surface area contributed by atoms with Crippen LogP contribution in [0.2, 0.25) is 0 Å². The Kier molecular flexibility index (Phi) is 5.17. The lowest BCUT2D eigenvalue weighted by Crippen LogP contribution is -2.39. The summed E-state index contributed by atoms with van der Waals surface area (Å²) in [4.78, 5) is 24.9. The number of furan rings is 1. The molecule has 28 heavy (non-hydrogen) atoms. The van der Waals surface area contributed by atoms with Crippen molar-refractivity contribution in [3.05, 3.63) is 47.7 Å². The summed E-state index contributed by atoms with van der Waals surface area (Å²) in [5.41, 5.74) is 0.797. The highest BCUT2D eigenvalue weighted by Crippen LogP contribution is 2.33. The Balaban J connectivity index is 1.43. The number of carbonyl (C=O) groups is 2. The number of hydrogen-bond donors (Lipinski definition) is 3. The molecule has 1 aromatic carbocycles. The quantitative estimate of drug-likeness (QED) is 0.747. The lowest BCUT2D eigenvalue weighted by Gasteiger charge is -2.24. The number of anilines is 2. The van der Waals surface area contributed by atoms with Gasteiger partial charge < -0.3 is 20.4 Å². The molecule has 3 unspecified atom stereocenters. The van der Waals surface area contributed by atoms with Crippen LogP contribution in [-0.4, -0.2) is 23.9 Å². The van der Waals surface area contributed by atoms with Crippen LogP contribution in [0.25, 0.3) is 0 Å². The topological polar surface area (TPSA) is 83.4 Å². The molecule has 6 nitrogen and oxygen atoms in total. The van der Waals surface area contributed by atoms with Crippen LogP contribution in [-0.2, 0) is 4.79 Å². The fourth-order valence-electron chi connectivity index (χ4n) is 4.26. The number of fused-ring (bicyclic) bond motifs is 1. The second-order valence-electron chi connectivity index (χ2n) is 7.63. The number of hydrogen-bond acceptors (Lipinski definition) is 4. The molecule has 3 N–H and O–H groups in total. The summed E-state index contributed by atoms with van der Waals surface area (Å²) < 4.78 is 19.3. The molecule has 1 aliphatic heterocycles. The zero-order chi connectivity index (χ0) is 19.7. The van der Waals surface area contributed by atoms with Crippen molar-refractivity contribution >= 4 is 23.2 Å². The summed E-state index contributed by atoms with van der Waals surface area (Å²) in [6.07, 6.45) is 6.97. The highest BCUT2D eigenvalue weighted by Gasteiger charge is 2.38. The average molecular weight is 385 g/mol. The monoisotopic (exact) mass is 385 g/mol. The van der Waals surface area contributed by atoms with Crippen molar-refractivity contribution in [3.63, 3.8) is 0 Å². The predicted octanol–water partition coefficient (Wildman–Crippen LogP) is 3.84. The SMILES string of the molecule is Cc1occc1C(=O)Nc1cc(NC(=O)C2CC3CCCCC3N2)ccc1F. The van der Waals surface area contributed by atoms with Gasteiger partial charge in [-0.05, 0) is 56.4 Å². The van der Waals surface area contributed by atoms with Crippen molar-refractivity contribution in [1.29, 1.82) is 0 Å². The van der Waals surface area contributed by atoms with Crippen LogP contribution in [0.15, 0.2) is 34.9 Å². The van der Waals surface area contributed by atoms with Crippen LogP contribution in [0.5, 0.6) is 0 Å². The maximum atomic E-state index is 14.1. The Morgan fingerprint density at radius 2 is 2.00 bits per heavy atom. The minimum atomic E-state index is -0.572. The minimum absolute atomic E-state index is 0.0106. The second-order valence-corrected chi connectivity index (χ2v) is 7.63. The fourth-order valence-corrected chi connectivity index (χ4v) is 4.26. The number of rotatable bonds is 4. The molecule has 2 aromatic rings. The molecule has 2 amide bonds. The third-order valence-corrected chi connectivity index (χ3v) is 5.76. The Labute approximate surface area is 162 Å². The molecule has 0 bridgehead atoms. The Bertz CT molecular complexity index is 881. The van der Waals surface area contributed by atoms with Crippen molar-refractivity contribution in [2.24, 2.45) is 5.92 Å². The third-order valence-electron chi connectivity index (χ3n) is 5.76. The number of halogens is 1. The summed E-state index contributed by atoms with van der Waals surface area (Å²) in [5.74, 6) is -0.140. The van der Waals surface area contributed by atoms with Gasteiger partial charge >= 0.3 is 0 Å². The van der Waals surface area contributed by atoms with Gasteiger partial charge in [0.1, 0.15) is 11.6 Å². The standard InChI is InChI=1S/C21H24FN3O3/c1-12-15(8-9-28-12)20(26)25-18-11-14(6-7-16(18)22)23-21(27)19-10-13-4-2-3-5-17(13)24-19/h6-9,11,13,17,19,24H,2-5,10H2,1H3,(H,23,27)(H,25,26). The number of amides is 2. The van der Waals surface area contributed by atoms with Gasteiger partial charge in [-0.1, -0.05) is 12.8 Å². The van der Waals surface area contributed by atoms with E-state index in [9.17, 15) is 14.0 Å². The van der Waals surface area contributed by atoms with E-state index < -0.39 is 11.7 Å². The van der Waals surface area contributed by atoms with E-state index in [2.05, 4.69) is 16.0 Å². The molecule has 0 radical (unpaired) electrons. The van der Waals surface area contributed by atoms with Gasteiger partial charge in [0, 0.05) is 11.7 Å². The highest BCUT2D eigenvalue weighted by atomic mass is 19.1. The molecule has 2 heterocycles. The summed E-state index contributed by atoms with van der Waals surface area (Å²) in [6.45, 7) is 1.66. The molecule has 1 saturated heterocycles. The van der Waals surface area contributed by atoms with E-state index in [0.29, 0.717) is 29.0 Å². The van der Waals surface area contributed by atoms with Gasteiger partial charge in [0.25, 0.3) is 5.91 Å². The van der Waals surface area contributed by atoms with Crippen molar-refractivity contribution < 1.29 is 18.4 Å². The van der Waals surface area contributed by atoms with E-state index in [1.54, 1.807) is 6.92 Å². The number of carbonyl (C=O) groups excluding carboxylic acids is 2. The molecular formula is C21H24FN3O3. The van der Waals surface area contributed by atoms with Crippen molar-refractivity contribution in [1.82, 2.24) is 5.32 Å². The lowest BCUT2D eigenvalue weighted by molar-refractivity contribution is -0.117. The van der Waals surface area contributed by atoms with Crippen LogP contribution in [0.3, 0.4) is 0 Å². The molecule has 1 aliphatic carbocycles. The van der Waals surface area contributed by atoms with Gasteiger partial charge in [0.2, 0.25) is 5.91 Å². The van der Waals surface area contributed by atoms with Gasteiger partial charge in [-0.25, -0.2) is 4.39 Å². The van der Waals surface area contributed by atoms with Gasteiger partial charge in [0.15, 0.2) is 0 Å². The first kappa shape index (κ1) is 18.7. The molecule has 3 atom stereocenters. The van der Waals surface area contributed by atoms with Crippen LogP contribution < -0.4 is 16.0 Å². The van der Waals surface area contributed by atoms with Crippen molar-refractivity contribution in [2.45, 2.75) is 51.1 Å². The van der Waals surface area contributed by atoms with Gasteiger partial charge in [-0.3, -0.25) is 9.59 Å². The van der Waals surface area contributed by atoms with Gasteiger partial charge in [-0.2, -0.15) is 0 Å². The smallest absolute Gasteiger partial charge is 0.259 e. The predicted molar refractivity (Wildman–Crippen MR) is 104 cm³/mol. The summed E-state index contributed by atoms with van der Waals surface area (Å²) in [7, 11) is 0. The first-order valence-corrected chi connectivity index (χ1v) is 9.73. The van der Waals surface area contributed by atoms with Crippen molar-refractivity contribution in [3.8, 4) is 0 Å². The van der Waals surface area contributed by atoms with E-state index in [-0.39, 0.29) is 17.6 Å². The average Bonchev–Trinajstić information content (AvgIpc) is 3.30. The van der Waals surface area contributed by atoms with E-state index in [1.165, 1.54) is 49.8 Å². The van der Waals surface area contributed by atoms with Crippen LogP contribution in [0, 0.1) is 18.7 Å². The fraction of sp³-hybridized carbons (Fsp3) is 0.429. The van der Waals surface area contributed by atoms with E-state index >= 15 is 0 Å². The van der Waals surface area contributed by atoms with Crippen LogP contribution in [0.1, 0.15) is 48.2 Å². The maximum absolute atomic E-state index is 14.1. The molecule has 2 aliphatic rings. The number of benzene rings is 1. The zero-order valence-corrected chi connectivity index (χ0v) is 15.8. The molecular weight excluding hydrogens is 361 g/mol. The van der Waals surface area contributed by atoms with Crippen LogP contribution in [0.4, 0.5) is 15.8 Å². The zero-order valence-electron chi connectivity index (χ0n) is 15.8. The van der Waals surface area contributed by atoms with E-state index in [4.69, 9.17) is 4.42 Å². The normalized spacial score (nSPS) is 23.9. The first-order valence-electron chi connectivity index (χ1n) is 9.73. The van der Waals surface area contributed by atoms with Crippen molar-refractivity contribution in [2.75, 3.05) is 10.6 Å². The van der Waals surface area contributed by atoms with Gasteiger partial charge in [0.05, 0.1) is 23.6 Å². The number of nitrogens with one attached hydrogen (secondary N) is 3. The maximum Gasteiger partial charge on any atom is 0.259 e. The van der Waals surface area contributed by atoms with Crippen LogP contribution >= 0.6 is 0 Å². The third kappa shape index (κ3) is 3.80. The van der Waals surface area contributed by atoms with Gasteiger partial charge in [-0.15, -0.1) is 0 Å². The van der Waals surface area contributed by atoms with E-state index in [0.717, 1.165) is 12.8 Å².